The molecule has 162 valence electrons. The first-order valence-electron chi connectivity index (χ1n) is 9.76. The molecule has 4 rings (SSSR count). The second kappa shape index (κ2) is 10.4. The molecule has 0 unspecified atom stereocenters. The Balaban J connectivity index is 1.45. The lowest BCUT2D eigenvalue weighted by Crippen LogP contribution is -2.24. The molecule has 9 heteroatoms. The van der Waals surface area contributed by atoms with Crippen LogP contribution in [0, 0.1) is 5.82 Å². The van der Waals surface area contributed by atoms with E-state index in [0.717, 1.165) is 5.56 Å². The molecule has 32 heavy (non-hydrogen) atoms. The number of carbonyl (C=O) groups excluding carboxylic acids is 1. The van der Waals surface area contributed by atoms with E-state index in [2.05, 4.69) is 15.3 Å². The molecule has 0 atom stereocenters. The van der Waals surface area contributed by atoms with E-state index >= 15 is 0 Å². The number of hydrogen-bond donors (Lipinski definition) is 1. The molecule has 0 bridgehead atoms. The normalized spacial score (nSPS) is 10.9. The SMILES string of the molecule is O=C(CSCSc1nc2ccccc2c(=O)n1-c1ccc(F)cc1)NCc1ccncc1. The van der Waals surface area contributed by atoms with Crippen molar-refractivity contribution >= 4 is 40.3 Å². The Kier molecular flexibility index (Phi) is 7.18. The Morgan fingerprint density at radius 2 is 1.78 bits per heavy atom. The van der Waals surface area contributed by atoms with Crippen molar-refractivity contribution in [1.82, 2.24) is 19.9 Å². The van der Waals surface area contributed by atoms with Gasteiger partial charge in [0.05, 0.1) is 22.3 Å². The van der Waals surface area contributed by atoms with Crippen molar-refractivity contribution in [3.8, 4) is 5.69 Å². The van der Waals surface area contributed by atoms with Crippen LogP contribution in [0.1, 0.15) is 5.56 Å². The van der Waals surface area contributed by atoms with Gasteiger partial charge in [-0.15, -0.1) is 11.8 Å². The number of nitrogens with one attached hydrogen (secondary N) is 1. The highest BCUT2D eigenvalue weighted by atomic mass is 32.2. The summed E-state index contributed by atoms with van der Waals surface area (Å²) < 4.78 is 14.9. The van der Waals surface area contributed by atoms with Gasteiger partial charge in [0.2, 0.25) is 5.91 Å². The van der Waals surface area contributed by atoms with Crippen molar-refractivity contribution < 1.29 is 9.18 Å². The van der Waals surface area contributed by atoms with E-state index in [0.29, 0.717) is 33.4 Å². The molecule has 6 nitrogen and oxygen atoms in total. The van der Waals surface area contributed by atoms with Gasteiger partial charge in [-0.1, -0.05) is 23.9 Å². The van der Waals surface area contributed by atoms with Crippen LogP contribution in [0.3, 0.4) is 0 Å². The quantitative estimate of drug-likeness (QED) is 0.183. The third-order valence-corrected chi connectivity index (χ3v) is 6.71. The van der Waals surface area contributed by atoms with Crippen molar-refractivity contribution in [3.63, 3.8) is 0 Å². The van der Waals surface area contributed by atoms with Crippen LogP contribution in [0.25, 0.3) is 16.6 Å². The van der Waals surface area contributed by atoms with Crippen LogP contribution >= 0.6 is 23.5 Å². The number of amides is 1. The van der Waals surface area contributed by atoms with E-state index in [1.54, 1.807) is 42.7 Å². The van der Waals surface area contributed by atoms with Crippen LogP contribution in [0.4, 0.5) is 4.39 Å². The molecule has 1 amide bonds. The third kappa shape index (κ3) is 5.35. The van der Waals surface area contributed by atoms with Gasteiger partial charge in [0.15, 0.2) is 5.16 Å². The number of fused-ring (bicyclic) bond motifs is 1. The molecule has 0 radical (unpaired) electrons. The molecule has 2 heterocycles. The standard InChI is InChI=1S/C23H19FN4O2S2/c24-17-5-7-18(8-6-17)28-22(30)19-3-1-2-4-20(19)27-23(28)32-15-31-14-21(29)26-13-16-9-11-25-12-10-16/h1-12H,13-15H2,(H,26,29). The summed E-state index contributed by atoms with van der Waals surface area (Å²) in [5.41, 5.74) is 1.90. The molecule has 0 aliphatic heterocycles. The summed E-state index contributed by atoms with van der Waals surface area (Å²) in [7, 11) is 0. The number of thioether (sulfide) groups is 2. The Morgan fingerprint density at radius 3 is 2.56 bits per heavy atom. The zero-order valence-electron chi connectivity index (χ0n) is 16.9. The van der Waals surface area contributed by atoms with Gasteiger partial charge in [0.25, 0.3) is 5.56 Å². The van der Waals surface area contributed by atoms with Gasteiger partial charge in [-0.3, -0.25) is 19.1 Å². The maximum atomic E-state index is 13.4. The fourth-order valence-electron chi connectivity index (χ4n) is 3.01. The van der Waals surface area contributed by atoms with Crippen LogP contribution < -0.4 is 10.9 Å². The zero-order valence-corrected chi connectivity index (χ0v) is 18.5. The summed E-state index contributed by atoms with van der Waals surface area (Å²) in [5.74, 6) is -0.167. The predicted octanol–water partition coefficient (Wildman–Crippen LogP) is 4.02. The molecule has 0 fully saturated rings. The van der Waals surface area contributed by atoms with E-state index in [1.165, 1.54) is 40.2 Å². The number of rotatable bonds is 8. The Bertz CT molecular complexity index is 1280. The van der Waals surface area contributed by atoms with Gasteiger partial charge in [0.1, 0.15) is 5.82 Å². The number of halogens is 1. The highest BCUT2D eigenvalue weighted by Crippen LogP contribution is 2.24. The van der Waals surface area contributed by atoms with E-state index < -0.39 is 0 Å². The number of para-hydroxylation sites is 1. The second-order valence-corrected chi connectivity index (χ2v) is 9.06. The third-order valence-electron chi connectivity index (χ3n) is 4.57. The minimum absolute atomic E-state index is 0.0743. The van der Waals surface area contributed by atoms with E-state index in [9.17, 15) is 14.0 Å². The predicted molar refractivity (Wildman–Crippen MR) is 127 cm³/mol. The lowest BCUT2D eigenvalue weighted by Gasteiger charge is -2.13. The number of benzene rings is 2. The average molecular weight is 467 g/mol. The van der Waals surface area contributed by atoms with Crippen LogP contribution in [-0.4, -0.2) is 31.3 Å². The lowest BCUT2D eigenvalue weighted by atomic mass is 10.2. The van der Waals surface area contributed by atoms with Crippen molar-refractivity contribution in [2.24, 2.45) is 0 Å². The summed E-state index contributed by atoms with van der Waals surface area (Å²) in [6.45, 7) is 0.450. The molecule has 4 aromatic rings. The Labute approximate surface area is 192 Å². The van der Waals surface area contributed by atoms with Gasteiger partial charge in [-0.25, -0.2) is 9.37 Å². The fourth-order valence-corrected chi connectivity index (χ4v) is 4.86. The maximum Gasteiger partial charge on any atom is 0.266 e. The van der Waals surface area contributed by atoms with Gasteiger partial charge < -0.3 is 5.32 Å². The molecule has 0 spiro atoms. The zero-order chi connectivity index (χ0) is 22.3. The van der Waals surface area contributed by atoms with Crippen LogP contribution in [0.5, 0.6) is 0 Å². The van der Waals surface area contributed by atoms with E-state index in [1.807, 2.05) is 18.2 Å². The molecule has 0 aliphatic rings. The van der Waals surface area contributed by atoms with Gasteiger partial charge >= 0.3 is 0 Å². The highest BCUT2D eigenvalue weighted by molar-refractivity contribution is 8.16. The number of nitrogens with zero attached hydrogens (tertiary/aromatic N) is 3. The van der Waals surface area contributed by atoms with E-state index in [-0.39, 0.29) is 23.0 Å². The second-order valence-electron chi connectivity index (χ2n) is 6.77. The largest absolute Gasteiger partial charge is 0.351 e. The minimum Gasteiger partial charge on any atom is -0.351 e. The molecular weight excluding hydrogens is 447 g/mol. The summed E-state index contributed by atoms with van der Waals surface area (Å²) in [6, 6.07) is 16.6. The molecular formula is C23H19FN4O2S2. The van der Waals surface area contributed by atoms with Gasteiger partial charge in [-0.2, -0.15) is 0 Å². The smallest absolute Gasteiger partial charge is 0.266 e. The molecule has 0 saturated carbocycles. The Hall–Kier alpha value is -3.17. The van der Waals surface area contributed by atoms with Crippen LogP contribution in [-0.2, 0) is 11.3 Å². The maximum absolute atomic E-state index is 13.4. The highest BCUT2D eigenvalue weighted by Gasteiger charge is 2.14. The molecule has 0 aliphatic carbocycles. The van der Waals surface area contributed by atoms with E-state index in [4.69, 9.17) is 0 Å². The van der Waals surface area contributed by atoms with Gasteiger partial charge in [0, 0.05) is 24.0 Å². The summed E-state index contributed by atoms with van der Waals surface area (Å²) in [4.78, 5) is 33.8. The summed E-state index contributed by atoms with van der Waals surface area (Å²) in [5, 5.41) is 4.37. The Morgan fingerprint density at radius 1 is 1.03 bits per heavy atom. The first-order valence-corrected chi connectivity index (χ1v) is 11.9. The summed E-state index contributed by atoms with van der Waals surface area (Å²) >= 11 is 2.80. The van der Waals surface area contributed by atoms with Crippen LogP contribution in [0.15, 0.2) is 83.0 Å². The average Bonchev–Trinajstić information content (AvgIpc) is 2.82. The van der Waals surface area contributed by atoms with Gasteiger partial charge in [-0.05, 0) is 54.1 Å². The number of hydrogen-bond acceptors (Lipinski definition) is 6. The fraction of sp³-hybridized carbons (Fsp3) is 0.130. The first-order chi connectivity index (χ1) is 15.6. The summed E-state index contributed by atoms with van der Waals surface area (Å²) in [6.07, 6.45) is 3.37. The van der Waals surface area contributed by atoms with Crippen molar-refractivity contribution in [2.45, 2.75) is 11.7 Å². The molecule has 2 aromatic carbocycles. The number of carbonyl (C=O) groups is 1. The minimum atomic E-state index is -0.377. The molecule has 0 saturated heterocycles. The topological polar surface area (TPSA) is 76.9 Å². The van der Waals surface area contributed by atoms with Crippen LogP contribution in [0.2, 0.25) is 0 Å². The lowest BCUT2D eigenvalue weighted by molar-refractivity contribution is -0.118. The number of pyridine rings is 1. The van der Waals surface area contributed by atoms with Crippen molar-refractivity contribution in [1.29, 1.82) is 0 Å². The van der Waals surface area contributed by atoms with Crippen molar-refractivity contribution in [2.75, 3.05) is 10.8 Å². The molecule has 2 aromatic heterocycles. The van der Waals surface area contributed by atoms with Crippen molar-refractivity contribution in [3.05, 3.63) is 94.8 Å². The molecule has 1 N–H and O–H groups in total. The number of aromatic nitrogens is 3. The monoisotopic (exact) mass is 466 g/mol. The first kappa shape index (κ1) is 22.0.